The van der Waals surface area contributed by atoms with Gasteiger partial charge in [-0.1, -0.05) is 0 Å². The predicted molar refractivity (Wildman–Crippen MR) is 46.4 cm³/mol. The molecule has 5 N–H and O–H groups in total. The summed E-state index contributed by atoms with van der Waals surface area (Å²) >= 11 is 0. The number of Topliss-reactive ketones (excluding diaryl/α,β-unsaturated/α-hetero) is 1. The van der Waals surface area contributed by atoms with Crippen molar-refractivity contribution in [1.29, 1.82) is 5.26 Å². The Morgan fingerprint density at radius 3 is 2.13 bits per heavy atom. The number of carbonyl (C=O) groups is 1. The zero-order chi connectivity index (χ0) is 12.0. The van der Waals surface area contributed by atoms with Gasteiger partial charge in [0.25, 0.3) is 0 Å². The van der Waals surface area contributed by atoms with E-state index in [0.29, 0.717) is 0 Å². The molecule has 0 saturated heterocycles. The Kier molecular flexibility index (Phi) is 6.00. The highest BCUT2D eigenvalue weighted by Gasteiger charge is 2.33. The first-order chi connectivity index (χ1) is 6.95. The molecule has 86 valence electrons. The molecule has 0 aliphatic carbocycles. The minimum absolute atomic E-state index is 0.611. The number of aliphatic hydroxyl groups excluding tert-OH is 5. The lowest BCUT2D eigenvalue weighted by atomic mass is 9.99. The van der Waals surface area contributed by atoms with Crippen molar-refractivity contribution in [3.05, 3.63) is 0 Å². The second-order valence-corrected chi connectivity index (χ2v) is 2.98. The first-order valence-corrected chi connectivity index (χ1v) is 4.18. The van der Waals surface area contributed by atoms with Crippen molar-refractivity contribution in [3.8, 4) is 6.07 Å². The first-order valence-electron chi connectivity index (χ1n) is 4.18. The minimum atomic E-state index is -1.96. The van der Waals surface area contributed by atoms with Crippen LogP contribution in [0.15, 0.2) is 0 Å². The number of nitrogens with zero attached hydrogens (tertiary/aromatic N) is 1. The van der Waals surface area contributed by atoms with Crippen LogP contribution in [0.25, 0.3) is 0 Å². The Morgan fingerprint density at radius 2 is 1.73 bits per heavy atom. The van der Waals surface area contributed by atoms with Crippen LogP contribution in [0.4, 0.5) is 0 Å². The Hall–Kier alpha value is -1.04. The van der Waals surface area contributed by atoms with Crippen molar-refractivity contribution < 1.29 is 30.3 Å². The lowest BCUT2D eigenvalue weighted by Gasteiger charge is -2.24. The van der Waals surface area contributed by atoms with Gasteiger partial charge < -0.3 is 25.5 Å². The van der Waals surface area contributed by atoms with E-state index in [9.17, 15) is 9.90 Å². The molecule has 0 amide bonds. The van der Waals surface area contributed by atoms with Gasteiger partial charge in [-0.25, -0.2) is 0 Å². The van der Waals surface area contributed by atoms with Crippen LogP contribution in [0.2, 0.25) is 0 Å². The van der Waals surface area contributed by atoms with Crippen LogP contribution in [-0.4, -0.2) is 62.3 Å². The first kappa shape index (κ1) is 14.0. The maximum absolute atomic E-state index is 10.9. The van der Waals surface area contributed by atoms with Crippen molar-refractivity contribution in [2.24, 2.45) is 0 Å². The zero-order valence-electron chi connectivity index (χ0n) is 7.82. The fourth-order valence-electron chi connectivity index (χ4n) is 0.895. The van der Waals surface area contributed by atoms with E-state index in [1.165, 1.54) is 6.07 Å². The molecule has 0 aromatic heterocycles. The Morgan fingerprint density at radius 1 is 1.20 bits per heavy atom. The van der Waals surface area contributed by atoms with Gasteiger partial charge in [-0.15, -0.1) is 0 Å². The molecule has 0 radical (unpaired) electrons. The molecule has 0 spiro atoms. The van der Waals surface area contributed by atoms with E-state index in [0.717, 1.165) is 0 Å². The lowest BCUT2D eigenvalue weighted by molar-refractivity contribution is -0.146. The van der Waals surface area contributed by atoms with E-state index < -0.39 is 43.2 Å². The fraction of sp³-hybridized carbons (Fsp3) is 0.750. The number of rotatable bonds is 6. The quantitative estimate of drug-likeness (QED) is 0.318. The number of nitriles is 1. The van der Waals surface area contributed by atoms with Crippen molar-refractivity contribution in [1.82, 2.24) is 0 Å². The molecule has 0 aliphatic heterocycles. The van der Waals surface area contributed by atoms with Crippen LogP contribution in [-0.2, 0) is 4.79 Å². The van der Waals surface area contributed by atoms with Gasteiger partial charge >= 0.3 is 0 Å². The number of carbonyl (C=O) groups excluding carboxylic acids is 1. The van der Waals surface area contributed by atoms with Crippen LogP contribution in [0, 0.1) is 11.3 Å². The average molecular weight is 219 g/mol. The molecule has 7 nitrogen and oxygen atoms in total. The number of aliphatic hydroxyl groups is 5. The van der Waals surface area contributed by atoms with E-state index in [4.69, 9.17) is 25.7 Å². The molecule has 0 aromatic carbocycles. The van der Waals surface area contributed by atoms with Crippen LogP contribution in [0.3, 0.4) is 0 Å². The predicted octanol–water partition coefficient (Wildman–Crippen LogP) is -3.09. The topological polar surface area (TPSA) is 142 Å². The summed E-state index contributed by atoms with van der Waals surface area (Å²) in [5, 5.41) is 52.9. The molecule has 4 atom stereocenters. The van der Waals surface area contributed by atoms with Gasteiger partial charge in [0.15, 0.2) is 5.78 Å². The minimum Gasteiger partial charge on any atom is -0.394 e. The fourth-order valence-corrected chi connectivity index (χ4v) is 0.895. The third-order valence-corrected chi connectivity index (χ3v) is 1.84. The standard InChI is InChI=1S/C8H13NO6/c9-2-1-4(11)6(13)8(15)7(14)5(12)3-10/h5-8,10,12-15H,1,3H2/t5-,6+,7+,8-/m1/s1. The van der Waals surface area contributed by atoms with E-state index in [-0.39, 0.29) is 0 Å². The highest BCUT2D eigenvalue weighted by Crippen LogP contribution is 2.07. The molecule has 0 saturated carbocycles. The Labute approximate surface area is 85.8 Å². The van der Waals surface area contributed by atoms with E-state index >= 15 is 0 Å². The maximum atomic E-state index is 10.9. The van der Waals surface area contributed by atoms with Gasteiger partial charge in [0.05, 0.1) is 19.1 Å². The summed E-state index contributed by atoms with van der Waals surface area (Å²) in [5.74, 6) is -0.964. The van der Waals surface area contributed by atoms with Crippen molar-refractivity contribution in [2.75, 3.05) is 6.61 Å². The second-order valence-electron chi connectivity index (χ2n) is 2.98. The lowest BCUT2D eigenvalue weighted by Crippen LogP contribution is -2.48. The zero-order valence-corrected chi connectivity index (χ0v) is 7.82. The van der Waals surface area contributed by atoms with Crippen LogP contribution >= 0.6 is 0 Å². The van der Waals surface area contributed by atoms with E-state index in [1.54, 1.807) is 0 Å². The SMILES string of the molecule is N#CCC(=O)[C@H](O)[C@@H](O)[C@@H](O)[C@H](O)CO. The smallest absolute Gasteiger partial charge is 0.178 e. The summed E-state index contributed by atoms with van der Waals surface area (Å²) in [4.78, 5) is 10.9. The number of ketones is 1. The van der Waals surface area contributed by atoms with E-state index in [1.807, 2.05) is 0 Å². The summed E-state index contributed by atoms with van der Waals surface area (Å²) < 4.78 is 0. The van der Waals surface area contributed by atoms with Crippen LogP contribution in [0.1, 0.15) is 6.42 Å². The molecule has 0 aromatic rings. The highest BCUT2D eigenvalue weighted by atomic mass is 16.4. The van der Waals surface area contributed by atoms with Crippen molar-refractivity contribution in [2.45, 2.75) is 30.8 Å². The monoisotopic (exact) mass is 219 g/mol. The van der Waals surface area contributed by atoms with Gasteiger partial charge in [0, 0.05) is 0 Å². The van der Waals surface area contributed by atoms with Crippen molar-refractivity contribution in [3.63, 3.8) is 0 Å². The summed E-state index contributed by atoms with van der Waals surface area (Å²) in [6, 6.07) is 1.47. The van der Waals surface area contributed by atoms with Crippen LogP contribution in [0.5, 0.6) is 0 Å². The van der Waals surface area contributed by atoms with Gasteiger partial charge in [-0.3, -0.25) is 4.79 Å². The molecular formula is C8H13NO6. The third-order valence-electron chi connectivity index (χ3n) is 1.84. The molecule has 0 rings (SSSR count). The van der Waals surface area contributed by atoms with Gasteiger partial charge in [0.1, 0.15) is 24.4 Å². The molecule has 0 unspecified atom stereocenters. The Bertz CT molecular complexity index is 250. The molecule has 15 heavy (non-hydrogen) atoms. The third kappa shape index (κ3) is 3.91. The summed E-state index contributed by atoms with van der Waals surface area (Å²) in [5.41, 5.74) is 0. The van der Waals surface area contributed by atoms with Gasteiger partial charge in [-0.2, -0.15) is 5.26 Å². The van der Waals surface area contributed by atoms with Gasteiger partial charge in [0.2, 0.25) is 0 Å². The molecule has 0 aliphatic rings. The molecule has 0 bridgehead atoms. The highest BCUT2D eigenvalue weighted by molar-refractivity contribution is 5.85. The molecule has 0 fully saturated rings. The molecule has 0 heterocycles. The summed E-state index contributed by atoms with van der Waals surface area (Å²) in [6.45, 7) is -0.822. The normalized spacial score (nSPS) is 18.7. The molecular weight excluding hydrogens is 206 g/mol. The Balaban J connectivity index is 4.37. The second kappa shape index (κ2) is 6.44. The van der Waals surface area contributed by atoms with Gasteiger partial charge in [-0.05, 0) is 0 Å². The average Bonchev–Trinajstić information content (AvgIpc) is 2.25. The number of hydrogen-bond donors (Lipinski definition) is 5. The molecule has 7 heteroatoms. The van der Waals surface area contributed by atoms with Crippen molar-refractivity contribution >= 4 is 5.78 Å². The summed E-state index contributed by atoms with van der Waals surface area (Å²) in [6.07, 6.45) is -8.02. The summed E-state index contributed by atoms with van der Waals surface area (Å²) in [7, 11) is 0. The maximum Gasteiger partial charge on any atom is 0.178 e. The van der Waals surface area contributed by atoms with Crippen LogP contribution < -0.4 is 0 Å². The number of hydrogen-bond acceptors (Lipinski definition) is 7. The van der Waals surface area contributed by atoms with E-state index in [2.05, 4.69) is 0 Å². The largest absolute Gasteiger partial charge is 0.394 e.